The van der Waals surface area contributed by atoms with Crippen LogP contribution in [-0.2, 0) is 0 Å². The van der Waals surface area contributed by atoms with Gasteiger partial charge in [0.2, 0.25) is 0 Å². The van der Waals surface area contributed by atoms with Crippen molar-refractivity contribution in [3.05, 3.63) is 35.9 Å². The molecule has 2 fully saturated rings. The lowest BCUT2D eigenvalue weighted by Crippen LogP contribution is -2.34. The summed E-state index contributed by atoms with van der Waals surface area (Å²) in [6.07, 6.45) is 8.56. The predicted octanol–water partition coefficient (Wildman–Crippen LogP) is 4.01. The molecule has 1 heterocycles. The van der Waals surface area contributed by atoms with E-state index >= 15 is 0 Å². The van der Waals surface area contributed by atoms with Crippen LogP contribution in [0.2, 0.25) is 0 Å². The summed E-state index contributed by atoms with van der Waals surface area (Å²) < 4.78 is 0. The summed E-state index contributed by atoms with van der Waals surface area (Å²) in [5.41, 5.74) is 1.54. The van der Waals surface area contributed by atoms with E-state index in [-0.39, 0.29) is 0 Å². The van der Waals surface area contributed by atoms with Gasteiger partial charge in [-0.3, -0.25) is 4.90 Å². The van der Waals surface area contributed by atoms with Gasteiger partial charge in [0, 0.05) is 6.04 Å². The lowest BCUT2D eigenvalue weighted by molar-refractivity contribution is 0.151. The molecule has 1 unspecified atom stereocenters. The minimum absolute atomic E-state index is 0.698. The van der Waals surface area contributed by atoms with Crippen LogP contribution in [0.1, 0.15) is 50.1 Å². The van der Waals surface area contributed by atoms with Gasteiger partial charge >= 0.3 is 0 Å². The summed E-state index contributed by atoms with van der Waals surface area (Å²) in [5.74, 6) is 1.02. The SMILES string of the molecule is c1ccc(C(CC2CC2)N2CCCCC2)cc1. The molecule has 1 nitrogen and oxygen atoms in total. The van der Waals surface area contributed by atoms with E-state index in [1.54, 1.807) is 5.56 Å². The first-order valence-electron chi connectivity index (χ1n) is 7.22. The highest BCUT2D eigenvalue weighted by Gasteiger charge is 2.30. The molecule has 1 aliphatic carbocycles. The van der Waals surface area contributed by atoms with Gasteiger partial charge in [0.05, 0.1) is 0 Å². The fourth-order valence-corrected chi connectivity index (χ4v) is 3.07. The lowest BCUT2D eigenvalue weighted by Gasteiger charge is -2.35. The van der Waals surface area contributed by atoms with E-state index in [9.17, 15) is 0 Å². The van der Waals surface area contributed by atoms with Crippen molar-refractivity contribution in [3.63, 3.8) is 0 Å². The van der Waals surface area contributed by atoms with Crippen molar-refractivity contribution >= 4 is 0 Å². The molecular weight excluding hydrogens is 206 g/mol. The van der Waals surface area contributed by atoms with Crippen molar-refractivity contribution in [1.82, 2.24) is 4.90 Å². The zero-order valence-electron chi connectivity index (χ0n) is 10.6. The van der Waals surface area contributed by atoms with E-state index in [1.165, 1.54) is 51.6 Å². The normalized spacial score (nSPS) is 23.5. The zero-order valence-corrected chi connectivity index (χ0v) is 10.6. The Morgan fingerprint density at radius 1 is 1.00 bits per heavy atom. The Hall–Kier alpha value is -0.820. The van der Waals surface area contributed by atoms with Gasteiger partial charge in [-0.1, -0.05) is 49.6 Å². The first-order valence-corrected chi connectivity index (χ1v) is 7.22. The maximum absolute atomic E-state index is 2.73. The zero-order chi connectivity index (χ0) is 11.5. The molecule has 17 heavy (non-hydrogen) atoms. The second-order valence-electron chi connectivity index (χ2n) is 5.70. The van der Waals surface area contributed by atoms with Crippen LogP contribution in [0.25, 0.3) is 0 Å². The van der Waals surface area contributed by atoms with Crippen molar-refractivity contribution in [2.24, 2.45) is 5.92 Å². The molecule has 1 aromatic carbocycles. The molecule has 0 amide bonds. The number of piperidine rings is 1. The quantitative estimate of drug-likeness (QED) is 0.754. The predicted molar refractivity (Wildman–Crippen MR) is 71.9 cm³/mol. The van der Waals surface area contributed by atoms with Crippen LogP contribution in [0.3, 0.4) is 0 Å². The van der Waals surface area contributed by atoms with Gasteiger partial charge in [0.25, 0.3) is 0 Å². The number of hydrogen-bond donors (Lipinski definition) is 0. The van der Waals surface area contributed by atoms with E-state index in [4.69, 9.17) is 0 Å². The molecule has 1 aromatic rings. The third-order valence-electron chi connectivity index (χ3n) is 4.27. The molecular formula is C16H23N. The highest BCUT2D eigenvalue weighted by molar-refractivity contribution is 5.19. The molecule has 0 bridgehead atoms. The summed E-state index contributed by atoms with van der Waals surface area (Å²) in [5, 5.41) is 0. The first-order chi connectivity index (χ1) is 8.43. The fraction of sp³-hybridized carbons (Fsp3) is 0.625. The van der Waals surface area contributed by atoms with Crippen LogP contribution in [-0.4, -0.2) is 18.0 Å². The minimum atomic E-state index is 0.698. The number of nitrogens with zero attached hydrogens (tertiary/aromatic N) is 1. The fourth-order valence-electron chi connectivity index (χ4n) is 3.07. The Morgan fingerprint density at radius 3 is 2.35 bits per heavy atom. The molecule has 2 aliphatic rings. The Labute approximate surface area is 105 Å². The number of likely N-dealkylation sites (tertiary alicyclic amines) is 1. The van der Waals surface area contributed by atoms with Crippen molar-refractivity contribution < 1.29 is 0 Å². The first kappa shape index (κ1) is 11.3. The summed E-state index contributed by atoms with van der Waals surface area (Å²) in [6, 6.07) is 11.9. The average Bonchev–Trinajstić information content (AvgIpc) is 3.22. The molecule has 0 radical (unpaired) electrons. The second-order valence-corrected chi connectivity index (χ2v) is 5.70. The summed E-state index contributed by atoms with van der Waals surface area (Å²) >= 11 is 0. The van der Waals surface area contributed by atoms with Crippen LogP contribution in [0.5, 0.6) is 0 Å². The van der Waals surface area contributed by atoms with Gasteiger partial charge in [-0.2, -0.15) is 0 Å². The Balaban J connectivity index is 1.75. The van der Waals surface area contributed by atoms with Crippen molar-refractivity contribution in [2.75, 3.05) is 13.1 Å². The second kappa shape index (κ2) is 5.22. The molecule has 3 rings (SSSR count). The van der Waals surface area contributed by atoms with Crippen LogP contribution in [0.15, 0.2) is 30.3 Å². The number of hydrogen-bond acceptors (Lipinski definition) is 1. The van der Waals surface area contributed by atoms with E-state index in [1.807, 2.05) is 0 Å². The molecule has 0 N–H and O–H groups in total. The molecule has 0 aromatic heterocycles. The Bertz CT molecular complexity index is 336. The van der Waals surface area contributed by atoms with E-state index in [0.29, 0.717) is 6.04 Å². The van der Waals surface area contributed by atoms with Crippen LogP contribution < -0.4 is 0 Å². The van der Waals surface area contributed by atoms with Gasteiger partial charge in [-0.25, -0.2) is 0 Å². The van der Waals surface area contributed by atoms with Crippen LogP contribution in [0, 0.1) is 5.92 Å². The summed E-state index contributed by atoms with van der Waals surface area (Å²) in [7, 11) is 0. The summed E-state index contributed by atoms with van der Waals surface area (Å²) in [4.78, 5) is 2.73. The average molecular weight is 229 g/mol. The van der Waals surface area contributed by atoms with Crippen molar-refractivity contribution in [1.29, 1.82) is 0 Å². The monoisotopic (exact) mass is 229 g/mol. The van der Waals surface area contributed by atoms with E-state index in [0.717, 1.165) is 5.92 Å². The smallest absolute Gasteiger partial charge is 0.0350 e. The standard InChI is InChI=1S/C16H23N/c1-3-7-15(8-4-1)16(13-14-9-10-14)17-11-5-2-6-12-17/h1,3-4,7-8,14,16H,2,5-6,9-13H2. The number of rotatable bonds is 4. The number of benzene rings is 1. The van der Waals surface area contributed by atoms with Gasteiger partial charge in [0.15, 0.2) is 0 Å². The molecule has 1 saturated heterocycles. The Kier molecular flexibility index (Phi) is 3.46. The highest BCUT2D eigenvalue weighted by atomic mass is 15.2. The van der Waals surface area contributed by atoms with Crippen LogP contribution in [0.4, 0.5) is 0 Å². The van der Waals surface area contributed by atoms with Crippen molar-refractivity contribution in [2.45, 2.75) is 44.6 Å². The highest BCUT2D eigenvalue weighted by Crippen LogP contribution is 2.40. The minimum Gasteiger partial charge on any atom is -0.296 e. The van der Waals surface area contributed by atoms with Crippen molar-refractivity contribution in [3.8, 4) is 0 Å². The van der Waals surface area contributed by atoms with Gasteiger partial charge in [0.1, 0.15) is 0 Å². The van der Waals surface area contributed by atoms with Gasteiger partial charge in [-0.15, -0.1) is 0 Å². The molecule has 92 valence electrons. The molecule has 1 aliphatic heterocycles. The largest absolute Gasteiger partial charge is 0.296 e. The lowest BCUT2D eigenvalue weighted by atomic mass is 9.97. The van der Waals surface area contributed by atoms with Crippen LogP contribution >= 0.6 is 0 Å². The summed E-state index contributed by atoms with van der Waals surface area (Å²) in [6.45, 7) is 2.62. The van der Waals surface area contributed by atoms with Gasteiger partial charge in [-0.05, 0) is 43.8 Å². The maximum Gasteiger partial charge on any atom is 0.0350 e. The molecule has 1 heteroatoms. The van der Waals surface area contributed by atoms with E-state index < -0.39 is 0 Å². The molecule has 1 atom stereocenters. The maximum atomic E-state index is 2.73. The topological polar surface area (TPSA) is 3.24 Å². The third-order valence-corrected chi connectivity index (χ3v) is 4.27. The third kappa shape index (κ3) is 2.90. The Morgan fingerprint density at radius 2 is 1.71 bits per heavy atom. The molecule has 0 spiro atoms. The van der Waals surface area contributed by atoms with Gasteiger partial charge < -0.3 is 0 Å². The molecule has 1 saturated carbocycles. The van der Waals surface area contributed by atoms with E-state index in [2.05, 4.69) is 35.2 Å².